The van der Waals surface area contributed by atoms with Gasteiger partial charge in [-0.25, -0.2) is 9.97 Å². The van der Waals surface area contributed by atoms with Crippen LogP contribution >= 0.6 is 50.7 Å². The molecule has 20 heavy (non-hydrogen) atoms. The van der Waals surface area contributed by atoms with Crippen molar-refractivity contribution in [2.24, 2.45) is 0 Å². The van der Waals surface area contributed by atoms with E-state index in [0.717, 1.165) is 0 Å². The highest BCUT2D eigenvalue weighted by atomic mass is 79.9. The molecule has 0 bridgehead atoms. The van der Waals surface area contributed by atoms with Crippen LogP contribution in [-0.4, -0.2) is 22.0 Å². The van der Waals surface area contributed by atoms with Crippen molar-refractivity contribution in [2.45, 2.75) is 0 Å². The molecule has 0 aliphatic rings. The second kappa shape index (κ2) is 6.72. The molecule has 0 radical (unpaired) electrons. The van der Waals surface area contributed by atoms with E-state index >= 15 is 0 Å². The summed E-state index contributed by atoms with van der Waals surface area (Å²) in [4.78, 5) is 12.9. The fraction of sp³-hybridized carbons (Fsp3) is 0.0833. The molecule has 1 N–H and O–H groups in total. The van der Waals surface area contributed by atoms with Crippen LogP contribution in [0.5, 0.6) is 0 Å². The summed E-state index contributed by atoms with van der Waals surface area (Å²) in [6.07, 6.45) is 1.67. The number of hydrogen-bond donors (Lipinski definition) is 1. The van der Waals surface area contributed by atoms with Crippen molar-refractivity contribution >= 4 is 61.6 Å². The average molecular weight is 394 g/mol. The van der Waals surface area contributed by atoms with Crippen LogP contribution in [0.3, 0.4) is 0 Å². The molecule has 2 aromatic heterocycles. The quantitative estimate of drug-likeness (QED) is 0.768. The molecule has 2 heterocycles. The van der Waals surface area contributed by atoms with E-state index < -0.39 is 0 Å². The highest BCUT2D eigenvalue weighted by molar-refractivity contribution is 9.10. The number of halogens is 4. The van der Waals surface area contributed by atoms with Crippen molar-refractivity contribution in [1.82, 2.24) is 15.0 Å². The van der Waals surface area contributed by atoms with Gasteiger partial charge in [0.15, 0.2) is 5.82 Å². The van der Waals surface area contributed by atoms with Crippen LogP contribution in [0.25, 0.3) is 16.6 Å². The van der Waals surface area contributed by atoms with Crippen molar-refractivity contribution < 1.29 is 0 Å². The lowest BCUT2D eigenvalue weighted by atomic mass is 10.2. The summed E-state index contributed by atoms with van der Waals surface area (Å²) in [5, 5.41) is 3.10. The second-order valence-corrected chi connectivity index (χ2v) is 5.68. The van der Waals surface area contributed by atoms with Gasteiger partial charge >= 0.3 is 0 Å². The highest BCUT2D eigenvalue weighted by Gasteiger charge is 2.18. The van der Waals surface area contributed by atoms with Crippen molar-refractivity contribution in [3.8, 4) is 11.5 Å². The number of aromatic nitrogens is 3. The summed E-state index contributed by atoms with van der Waals surface area (Å²) < 4.78 is 0.416. The zero-order valence-corrected chi connectivity index (χ0v) is 14.0. The maximum Gasteiger partial charge on any atom is 0.181 e. The molecular weight excluding hydrogens is 386 g/mol. The van der Waals surface area contributed by atoms with Crippen molar-refractivity contribution in [1.29, 1.82) is 0 Å². The molecular formula is C12H8BrCl3N4. The number of pyridine rings is 1. The Morgan fingerprint density at radius 1 is 1.20 bits per heavy atom. The van der Waals surface area contributed by atoms with Crippen LogP contribution in [0.1, 0.15) is 5.56 Å². The Labute approximate surface area is 139 Å². The molecule has 4 nitrogen and oxygen atoms in total. The first-order chi connectivity index (χ1) is 9.54. The van der Waals surface area contributed by atoms with Crippen LogP contribution in [-0.2, 0) is 0 Å². The Morgan fingerprint density at radius 2 is 1.95 bits per heavy atom. The summed E-state index contributed by atoms with van der Waals surface area (Å²) in [5.74, 6) is 0.956. The molecule has 2 rings (SSSR count). The summed E-state index contributed by atoms with van der Waals surface area (Å²) in [6.45, 7) is 0. The maximum atomic E-state index is 6.08. The van der Waals surface area contributed by atoms with E-state index in [-0.39, 0.29) is 9.52 Å². The first-order valence-corrected chi connectivity index (χ1v) is 7.35. The molecule has 0 unspecified atom stereocenters. The van der Waals surface area contributed by atoms with Crippen LogP contribution < -0.4 is 5.32 Å². The smallest absolute Gasteiger partial charge is 0.181 e. The Hall–Kier alpha value is -0.880. The first kappa shape index (κ1) is 15.5. The third kappa shape index (κ3) is 3.23. The van der Waals surface area contributed by atoms with Gasteiger partial charge < -0.3 is 5.32 Å². The molecule has 0 aliphatic carbocycles. The van der Waals surface area contributed by atoms with Gasteiger partial charge in [0.2, 0.25) is 0 Å². The van der Waals surface area contributed by atoms with Crippen LogP contribution in [0.4, 0.5) is 5.82 Å². The maximum absolute atomic E-state index is 6.08. The van der Waals surface area contributed by atoms with E-state index in [9.17, 15) is 0 Å². The fourth-order valence-corrected chi connectivity index (χ4v) is 2.55. The largest absolute Gasteiger partial charge is 0.372 e. The normalized spacial score (nSPS) is 10.2. The van der Waals surface area contributed by atoms with Gasteiger partial charge in [-0.15, -0.1) is 0 Å². The minimum Gasteiger partial charge on any atom is -0.372 e. The molecule has 0 saturated heterocycles. The Balaban J connectivity index is 2.63. The predicted molar refractivity (Wildman–Crippen MR) is 87.0 cm³/mol. The van der Waals surface area contributed by atoms with Crippen LogP contribution in [0.15, 0.2) is 33.5 Å². The fourth-order valence-electron chi connectivity index (χ4n) is 1.51. The molecule has 2 aromatic rings. The Morgan fingerprint density at radius 3 is 2.50 bits per heavy atom. The molecule has 104 valence electrons. The summed E-state index contributed by atoms with van der Waals surface area (Å²) in [7, 11) is 1.72. The molecule has 0 fully saturated rings. The van der Waals surface area contributed by atoms with Gasteiger partial charge in [-0.3, -0.25) is 4.98 Å². The molecule has 0 aromatic carbocycles. The summed E-state index contributed by atoms with van der Waals surface area (Å²) in [5.41, 5.74) is 1.14. The molecule has 0 spiro atoms. The zero-order chi connectivity index (χ0) is 14.7. The van der Waals surface area contributed by atoms with E-state index in [1.807, 2.05) is 18.2 Å². The lowest BCUT2D eigenvalue weighted by Gasteiger charge is -2.11. The number of hydrogen-bond acceptors (Lipinski definition) is 4. The van der Waals surface area contributed by atoms with E-state index in [2.05, 4.69) is 36.2 Å². The molecule has 0 aliphatic heterocycles. The minimum absolute atomic E-state index is 0.0574. The van der Waals surface area contributed by atoms with E-state index in [1.54, 1.807) is 13.2 Å². The van der Waals surface area contributed by atoms with E-state index in [0.29, 0.717) is 27.5 Å². The van der Waals surface area contributed by atoms with E-state index in [4.69, 9.17) is 34.8 Å². The first-order valence-electron chi connectivity index (χ1n) is 5.42. The van der Waals surface area contributed by atoms with Crippen molar-refractivity contribution in [3.05, 3.63) is 39.1 Å². The third-order valence-corrected chi connectivity index (χ3v) is 3.90. The Kier molecular flexibility index (Phi) is 5.21. The highest BCUT2D eigenvalue weighted by Crippen LogP contribution is 2.37. The van der Waals surface area contributed by atoms with Gasteiger partial charge in [0, 0.05) is 13.2 Å². The number of nitrogens with one attached hydrogen (secondary N) is 1. The van der Waals surface area contributed by atoms with Crippen molar-refractivity contribution in [2.75, 3.05) is 12.4 Å². The molecule has 0 saturated carbocycles. The summed E-state index contributed by atoms with van der Waals surface area (Å²) in [6, 6.07) is 5.49. The third-order valence-electron chi connectivity index (χ3n) is 2.38. The van der Waals surface area contributed by atoms with Gasteiger partial charge in [-0.2, -0.15) is 0 Å². The summed E-state index contributed by atoms with van der Waals surface area (Å²) >= 11 is 20.9. The van der Waals surface area contributed by atoms with Crippen LogP contribution in [0.2, 0.25) is 0 Å². The number of anilines is 1. The SMILES string of the molecule is CNc1nc(-c2ccccn2)nc(Br)c1C(Cl)=C(Cl)Cl. The van der Waals surface area contributed by atoms with Gasteiger partial charge in [-0.1, -0.05) is 40.9 Å². The van der Waals surface area contributed by atoms with E-state index in [1.165, 1.54) is 0 Å². The van der Waals surface area contributed by atoms with Gasteiger partial charge in [-0.05, 0) is 28.1 Å². The molecule has 8 heteroatoms. The zero-order valence-electron chi connectivity index (χ0n) is 10.2. The lowest BCUT2D eigenvalue weighted by Crippen LogP contribution is -2.03. The van der Waals surface area contributed by atoms with Gasteiger partial charge in [0.25, 0.3) is 0 Å². The van der Waals surface area contributed by atoms with Gasteiger partial charge in [0.05, 0.1) is 10.6 Å². The molecule has 0 amide bonds. The number of rotatable bonds is 3. The standard InChI is InChI=1S/C12H8BrCl3N4/c1-17-12-7(8(14)10(15)16)9(13)19-11(20-12)6-4-2-3-5-18-6/h2-5H,1H3,(H,17,19,20). The predicted octanol–water partition coefficient (Wildman–Crippen LogP) is 4.69. The minimum atomic E-state index is -0.0574. The number of nitrogens with zero attached hydrogens (tertiary/aromatic N) is 3. The Bertz CT molecular complexity index is 657. The topological polar surface area (TPSA) is 50.7 Å². The molecule has 0 atom stereocenters. The van der Waals surface area contributed by atoms with Crippen LogP contribution in [0, 0.1) is 0 Å². The monoisotopic (exact) mass is 392 g/mol. The van der Waals surface area contributed by atoms with Gasteiger partial charge in [0.1, 0.15) is 20.6 Å². The lowest BCUT2D eigenvalue weighted by molar-refractivity contribution is 1.10. The van der Waals surface area contributed by atoms with Crippen molar-refractivity contribution in [3.63, 3.8) is 0 Å². The average Bonchev–Trinajstić information content (AvgIpc) is 2.46. The second-order valence-electron chi connectivity index (χ2n) is 3.60.